The molecule has 3 rings (SSSR count). The van der Waals surface area contributed by atoms with E-state index in [4.69, 9.17) is 23.2 Å². The number of hydrogen-bond donors (Lipinski definition) is 1. The van der Waals surface area contributed by atoms with E-state index in [1.54, 1.807) is 35.9 Å². The van der Waals surface area contributed by atoms with Crippen molar-refractivity contribution in [3.8, 4) is 6.07 Å². The van der Waals surface area contributed by atoms with Gasteiger partial charge in [-0.15, -0.1) is 0 Å². The van der Waals surface area contributed by atoms with Crippen molar-refractivity contribution in [2.24, 2.45) is 0 Å². The number of nitrogens with zero attached hydrogens (tertiary/aromatic N) is 3. The van der Waals surface area contributed by atoms with Crippen LogP contribution in [0.25, 0.3) is 6.08 Å². The molecule has 1 aromatic heterocycles. The molecule has 1 heterocycles. The highest BCUT2D eigenvalue weighted by atomic mass is 35.5. The zero-order valence-electron chi connectivity index (χ0n) is 15.9. The van der Waals surface area contributed by atoms with E-state index in [0.29, 0.717) is 33.7 Å². The molecule has 0 atom stereocenters. The summed E-state index contributed by atoms with van der Waals surface area (Å²) in [7, 11) is 0. The molecule has 0 aliphatic carbocycles. The van der Waals surface area contributed by atoms with Crippen LogP contribution < -0.4 is 5.32 Å². The van der Waals surface area contributed by atoms with Crippen LogP contribution in [-0.4, -0.2) is 15.7 Å². The normalized spacial score (nSPS) is 11.2. The zero-order chi connectivity index (χ0) is 21.0. The molecule has 0 bridgehead atoms. The average molecular weight is 425 g/mol. The van der Waals surface area contributed by atoms with E-state index in [1.165, 1.54) is 11.6 Å². The summed E-state index contributed by atoms with van der Waals surface area (Å²) in [6, 6.07) is 16.8. The van der Waals surface area contributed by atoms with Gasteiger partial charge in [0.15, 0.2) is 0 Å². The molecule has 1 N–H and O–H groups in total. The first kappa shape index (κ1) is 20.7. The molecule has 0 saturated carbocycles. The summed E-state index contributed by atoms with van der Waals surface area (Å²) in [6.07, 6.45) is 1.45. The molecule has 0 aliphatic heterocycles. The fourth-order valence-electron chi connectivity index (χ4n) is 2.75. The Hall–Kier alpha value is -3.07. The minimum atomic E-state index is -0.567. The number of hydrogen-bond acceptors (Lipinski definition) is 3. The van der Waals surface area contributed by atoms with Crippen molar-refractivity contribution >= 4 is 40.9 Å². The van der Waals surface area contributed by atoms with Gasteiger partial charge in [0.05, 0.1) is 22.9 Å². The number of benzene rings is 2. The lowest BCUT2D eigenvalue weighted by atomic mass is 10.1. The lowest BCUT2D eigenvalue weighted by Gasteiger charge is -2.06. The van der Waals surface area contributed by atoms with Crippen LogP contribution in [-0.2, 0) is 11.3 Å². The van der Waals surface area contributed by atoms with Gasteiger partial charge in [-0.1, -0.05) is 65.2 Å². The number of carbonyl (C=O) groups is 1. The summed E-state index contributed by atoms with van der Waals surface area (Å²) < 4.78 is 1.65. The molecule has 146 valence electrons. The van der Waals surface area contributed by atoms with Gasteiger partial charge in [0, 0.05) is 5.56 Å². The first-order valence-electron chi connectivity index (χ1n) is 8.85. The van der Waals surface area contributed by atoms with Gasteiger partial charge < -0.3 is 5.32 Å². The van der Waals surface area contributed by atoms with Crippen LogP contribution in [0.5, 0.6) is 0 Å². The molecule has 1 amide bonds. The number of amides is 1. The maximum atomic E-state index is 12.5. The lowest BCUT2D eigenvalue weighted by molar-refractivity contribution is -0.112. The monoisotopic (exact) mass is 424 g/mol. The van der Waals surface area contributed by atoms with Gasteiger partial charge in [-0.25, -0.2) is 4.68 Å². The Morgan fingerprint density at radius 1 is 1.17 bits per heavy atom. The molecule has 0 fully saturated rings. The van der Waals surface area contributed by atoms with Crippen molar-refractivity contribution in [1.82, 2.24) is 9.78 Å². The van der Waals surface area contributed by atoms with Crippen molar-refractivity contribution in [2.45, 2.75) is 20.4 Å². The smallest absolute Gasteiger partial charge is 0.266 e. The summed E-state index contributed by atoms with van der Waals surface area (Å²) in [5.74, 6) is -0.567. The van der Waals surface area contributed by atoms with Crippen molar-refractivity contribution < 1.29 is 4.79 Å². The minimum absolute atomic E-state index is 0.0928. The average Bonchev–Trinajstić information content (AvgIpc) is 2.96. The molecule has 2 aromatic carbocycles. The Morgan fingerprint density at radius 2 is 1.86 bits per heavy atom. The number of halogens is 2. The standard InChI is InChI=1S/C22H18Cl2N4O/c1-14-7-9-16(10-8-14)13-28-21(24)18(15(2)27-28)11-17(12-25)22(29)26-20-6-4-3-5-19(20)23/h3-11H,13H2,1-2H3,(H,26,29)/b17-11+. The first-order valence-corrected chi connectivity index (χ1v) is 9.60. The molecular weight excluding hydrogens is 407 g/mol. The number of rotatable bonds is 5. The highest BCUT2D eigenvalue weighted by Gasteiger charge is 2.17. The van der Waals surface area contributed by atoms with E-state index in [9.17, 15) is 10.1 Å². The molecule has 0 radical (unpaired) electrons. The number of para-hydroxylation sites is 1. The van der Waals surface area contributed by atoms with Gasteiger partial charge >= 0.3 is 0 Å². The molecule has 0 aliphatic rings. The van der Waals surface area contributed by atoms with Gasteiger partial charge in [0.25, 0.3) is 5.91 Å². The van der Waals surface area contributed by atoms with Gasteiger partial charge in [-0.05, 0) is 37.6 Å². The predicted octanol–water partition coefficient (Wildman–Crippen LogP) is 5.40. The Morgan fingerprint density at radius 3 is 2.52 bits per heavy atom. The Balaban J connectivity index is 1.86. The van der Waals surface area contributed by atoms with Crippen molar-refractivity contribution in [1.29, 1.82) is 5.26 Å². The summed E-state index contributed by atoms with van der Waals surface area (Å²) in [5, 5.41) is 17.3. The fraction of sp³-hybridized carbons (Fsp3) is 0.136. The largest absolute Gasteiger partial charge is 0.320 e. The number of nitrogens with one attached hydrogen (secondary N) is 1. The molecule has 29 heavy (non-hydrogen) atoms. The highest BCUT2D eigenvalue weighted by molar-refractivity contribution is 6.34. The Kier molecular flexibility index (Phi) is 6.38. The molecule has 0 spiro atoms. The topological polar surface area (TPSA) is 70.7 Å². The highest BCUT2D eigenvalue weighted by Crippen LogP contribution is 2.25. The summed E-state index contributed by atoms with van der Waals surface area (Å²) in [6.45, 7) is 4.29. The van der Waals surface area contributed by atoms with Crippen molar-refractivity contribution in [3.05, 3.63) is 86.7 Å². The van der Waals surface area contributed by atoms with Crippen LogP contribution >= 0.6 is 23.2 Å². The molecular formula is C22H18Cl2N4O. The quantitative estimate of drug-likeness (QED) is 0.440. The van der Waals surface area contributed by atoms with E-state index in [2.05, 4.69) is 10.4 Å². The molecule has 3 aromatic rings. The SMILES string of the molecule is Cc1ccc(Cn2nc(C)c(/C=C(\C#N)C(=O)Nc3ccccc3Cl)c2Cl)cc1. The molecule has 0 unspecified atom stereocenters. The predicted molar refractivity (Wildman–Crippen MR) is 116 cm³/mol. The molecule has 0 saturated heterocycles. The van der Waals surface area contributed by atoms with E-state index in [-0.39, 0.29) is 5.57 Å². The Bertz CT molecular complexity index is 1120. The van der Waals surface area contributed by atoms with Crippen molar-refractivity contribution in [3.63, 3.8) is 0 Å². The second-order valence-corrected chi connectivity index (χ2v) is 7.30. The molecule has 7 heteroatoms. The van der Waals surface area contributed by atoms with Crippen LogP contribution in [0.15, 0.2) is 54.1 Å². The number of carbonyl (C=O) groups excluding carboxylic acids is 1. The van der Waals surface area contributed by atoms with Gasteiger partial charge in [0.2, 0.25) is 0 Å². The van der Waals surface area contributed by atoms with E-state index >= 15 is 0 Å². The van der Waals surface area contributed by atoms with Crippen LogP contribution in [0.2, 0.25) is 10.2 Å². The van der Waals surface area contributed by atoms with Gasteiger partial charge in [-0.3, -0.25) is 4.79 Å². The van der Waals surface area contributed by atoms with E-state index < -0.39 is 5.91 Å². The van der Waals surface area contributed by atoms with Gasteiger partial charge in [-0.2, -0.15) is 10.4 Å². The van der Waals surface area contributed by atoms with E-state index in [0.717, 1.165) is 5.56 Å². The maximum Gasteiger partial charge on any atom is 0.266 e. The third kappa shape index (κ3) is 4.86. The van der Waals surface area contributed by atoms with Crippen LogP contribution in [0.3, 0.4) is 0 Å². The third-order valence-electron chi connectivity index (χ3n) is 4.34. The zero-order valence-corrected chi connectivity index (χ0v) is 17.4. The summed E-state index contributed by atoms with van der Waals surface area (Å²) in [5.41, 5.74) is 3.71. The second kappa shape index (κ2) is 8.95. The number of aryl methyl sites for hydroxylation is 2. The minimum Gasteiger partial charge on any atom is -0.320 e. The van der Waals surface area contributed by atoms with Crippen LogP contribution in [0.1, 0.15) is 22.4 Å². The van der Waals surface area contributed by atoms with Crippen LogP contribution in [0, 0.1) is 25.2 Å². The first-order chi connectivity index (χ1) is 13.9. The maximum absolute atomic E-state index is 12.5. The number of nitriles is 1. The number of aromatic nitrogens is 2. The number of anilines is 1. The lowest BCUT2D eigenvalue weighted by Crippen LogP contribution is -2.13. The Labute approximate surface area is 179 Å². The summed E-state index contributed by atoms with van der Waals surface area (Å²) in [4.78, 5) is 12.5. The third-order valence-corrected chi connectivity index (χ3v) is 5.07. The van der Waals surface area contributed by atoms with Crippen LogP contribution in [0.4, 0.5) is 5.69 Å². The van der Waals surface area contributed by atoms with E-state index in [1.807, 2.05) is 37.3 Å². The van der Waals surface area contributed by atoms with Crippen molar-refractivity contribution in [2.75, 3.05) is 5.32 Å². The van der Waals surface area contributed by atoms with Gasteiger partial charge in [0.1, 0.15) is 16.8 Å². The fourth-order valence-corrected chi connectivity index (χ4v) is 3.22. The second-order valence-electron chi connectivity index (χ2n) is 6.54. The molecule has 5 nitrogen and oxygen atoms in total. The summed E-state index contributed by atoms with van der Waals surface area (Å²) >= 11 is 12.6.